The average molecular weight is 507 g/mol. The van der Waals surface area contributed by atoms with Gasteiger partial charge >= 0.3 is 5.97 Å². The second kappa shape index (κ2) is 10.0. The largest absolute Gasteiger partial charge is 0.503 e. The lowest BCUT2D eigenvalue weighted by atomic mass is 9.82. The van der Waals surface area contributed by atoms with Crippen LogP contribution < -0.4 is 4.90 Å². The van der Waals surface area contributed by atoms with Crippen LogP contribution in [0, 0.1) is 5.41 Å². The van der Waals surface area contributed by atoms with Gasteiger partial charge in [-0.15, -0.1) is 0 Å². The van der Waals surface area contributed by atoms with Crippen LogP contribution in [0.25, 0.3) is 11.1 Å². The van der Waals surface area contributed by atoms with Crippen LogP contribution in [-0.4, -0.2) is 39.5 Å². The molecular formula is C27H26N2O6S. The van der Waals surface area contributed by atoms with Crippen LogP contribution in [0.3, 0.4) is 0 Å². The number of pyridine rings is 1. The summed E-state index contributed by atoms with van der Waals surface area (Å²) in [5.74, 6) is -2.81. The van der Waals surface area contributed by atoms with Crippen LogP contribution in [0.1, 0.15) is 38.1 Å². The molecule has 0 saturated carbocycles. The molecule has 4 rings (SSSR count). The first-order valence-corrected chi connectivity index (χ1v) is 12.2. The van der Waals surface area contributed by atoms with Crippen molar-refractivity contribution in [1.82, 2.24) is 4.98 Å². The third-order valence-corrected chi connectivity index (χ3v) is 6.50. The highest BCUT2D eigenvalue weighted by atomic mass is 32.1. The van der Waals surface area contributed by atoms with Crippen molar-refractivity contribution < 1.29 is 29.3 Å². The molecule has 2 N–H and O–H groups in total. The quantitative estimate of drug-likeness (QED) is 0.445. The molecule has 2 aromatic heterocycles. The average Bonchev–Trinajstić information content (AvgIpc) is 3.46. The Bertz CT molecular complexity index is 1320. The first-order chi connectivity index (χ1) is 17.1. The molecule has 0 radical (unpaired) electrons. The molecule has 8 nitrogen and oxygen atoms in total. The number of aliphatic hydroxyl groups excluding tert-OH is 1. The molecule has 0 bridgehead atoms. The minimum absolute atomic E-state index is 0.0260. The molecule has 1 aliphatic heterocycles. The topological polar surface area (TPSA) is 117 Å². The number of aliphatic carboxylic acids is 1. The number of thiophene rings is 1. The molecule has 1 unspecified atom stereocenters. The maximum absolute atomic E-state index is 13.5. The summed E-state index contributed by atoms with van der Waals surface area (Å²) in [6.07, 6.45) is 1.52. The van der Waals surface area contributed by atoms with Crippen LogP contribution in [0.5, 0.6) is 0 Å². The van der Waals surface area contributed by atoms with Gasteiger partial charge in [-0.25, -0.2) is 4.79 Å². The molecule has 186 valence electrons. The number of nitrogens with zero attached hydrogens (tertiary/aromatic N) is 2. The summed E-state index contributed by atoms with van der Waals surface area (Å²) in [5.41, 5.74) is 2.44. The SMILES string of the molecule is CC(C)(C)C(=O)C1=C(O)C(=O)N(c2ccc(-c3ccsc3)cc2)C1c1cccnc1COCC(=O)O. The highest BCUT2D eigenvalue weighted by Gasteiger charge is 2.47. The van der Waals surface area contributed by atoms with Gasteiger partial charge in [0.15, 0.2) is 11.5 Å². The lowest BCUT2D eigenvalue weighted by Gasteiger charge is -2.30. The zero-order valence-corrected chi connectivity index (χ0v) is 20.9. The van der Waals surface area contributed by atoms with E-state index in [2.05, 4.69) is 4.98 Å². The van der Waals surface area contributed by atoms with Gasteiger partial charge in [0.25, 0.3) is 5.91 Å². The van der Waals surface area contributed by atoms with Crippen LogP contribution in [0.15, 0.2) is 70.8 Å². The number of ketones is 1. The Morgan fingerprint density at radius 2 is 1.83 bits per heavy atom. The first kappa shape index (κ1) is 25.3. The molecule has 3 aromatic rings. The summed E-state index contributed by atoms with van der Waals surface area (Å²) in [6, 6.07) is 11.7. The van der Waals surface area contributed by atoms with Gasteiger partial charge in [-0.2, -0.15) is 11.3 Å². The predicted octanol–water partition coefficient (Wildman–Crippen LogP) is 4.93. The summed E-state index contributed by atoms with van der Waals surface area (Å²) in [6.45, 7) is 4.48. The summed E-state index contributed by atoms with van der Waals surface area (Å²) in [5, 5.41) is 23.9. The third-order valence-electron chi connectivity index (χ3n) is 5.82. The van der Waals surface area contributed by atoms with Gasteiger partial charge in [-0.05, 0) is 46.2 Å². The number of aromatic nitrogens is 1. The number of carbonyl (C=O) groups excluding carboxylic acids is 2. The third kappa shape index (κ3) is 4.93. The highest BCUT2D eigenvalue weighted by molar-refractivity contribution is 7.08. The number of anilines is 1. The van der Waals surface area contributed by atoms with Crippen LogP contribution in [0.4, 0.5) is 5.69 Å². The second-order valence-corrected chi connectivity index (χ2v) is 10.2. The number of benzene rings is 1. The molecule has 0 saturated heterocycles. The zero-order chi connectivity index (χ0) is 26.0. The lowest BCUT2D eigenvalue weighted by molar-refractivity contribution is -0.142. The van der Waals surface area contributed by atoms with E-state index >= 15 is 0 Å². The van der Waals surface area contributed by atoms with Crippen molar-refractivity contribution in [2.45, 2.75) is 33.4 Å². The van der Waals surface area contributed by atoms with Crippen molar-refractivity contribution in [1.29, 1.82) is 0 Å². The number of hydrogen-bond donors (Lipinski definition) is 2. The van der Waals surface area contributed by atoms with Gasteiger partial charge in [-0.3, -0.25) is 19.5 Å². The Balaban J connectivity index is 1.81. The number of ether oxygens (including phenoxy) is 1. The van der Waals surface area contributed by atoms with Gasteiger partial charge < -0.3 is 14.9 Å². The number of Topliss-reactive ketones (excluding diaryl/α,β-unsaturated/α-hetero) is 1. The number of rotatable bonds is 8. The number of carboxylic acid groups (broad SMARTS) is 1. The fourth-order valence-electron chi connectivity index (χ4n) is 4.10. The van der Waals surface area contributed by atoms with Gasteiger partial charge in [0.1, 0.15) is 6.61 Å². The maximum atomic E-state index is 13.5. The molecule has 0 aliphatic carbocycles. The van der Waals surface area contributed by atoms with E-state index in [1.807, 2.05) is 29.0 Å². The van der Waals surface area contributed by atoms with Crippen molar-refractivity contribution in [2.24, 2.45) is 5.41 Å². The van der Waals surface area contributed by atoms with E-state index in [0.29, 0.717) is 16.9 Å². The highest BCUT2D eigenvalue weighted by Crippen LogP contribution is 2.44. The smallest absolute Gasteiger partial charge is 0.329 e. The van der Waals surface area contributed by atoms with E-state index in [1.165, 1.54) is 11.1 Å². The Labute approximate surface area is 212 Å². The van der Waals surface area contributed by atoms with E-state index in [4.69, 9.17) is 9.84 Å². The van der Waals surface area contributed by atoms with Gasteiger partial charge in [-0.1, -0.05) is 39.0 Å². The van der Waals surface area contributed by atoms with Crippen LogP contribution in [0.2, 0.25) is 0 Å². The Morgan fingerprint density at radius 1 is 1.11 bits per heavy atom. The molecule has 1 amide bonds. The first-order valence-electron chi connectivity index (χ1n) is 11.3. The summed E-state index contributed by atoms with van der Waals surface area (Å²) in [4.78, 5) is 43.5. The second-order valence-electron chi connectivity index (χ2n) is 9.40. The van der Waals surface area contributed by atoms with E-state index in [0.717, 1.165) is 11.1 Å². The van der Waals surface area contributed by atoms with Gasteiger partial charge in [0.05, 0.1) is 23.9 Å². The van der Waals surface area contributed by atoms with E-state index in [9.17, 15) is 19.5 Å². The molecule has 1 atom stereocenters. The fourth-order valence-corrected chi connectivity index (χ4v) is 4.77. The number of carbonyl (C=O) groups is 3. The van der Waals surface area contributed by atoms with Gasteiger partial charge in [0.2, 0.25) is 0 Å². The van der Waals surface area contributed by atoms with Crippen molar-refractivity contribution in [3.63, 3.8) is 0 Å². The minimum atomic E-state index is -1.13. The number of amides is 1. The number of hydrogen-bond acceptors (Lipinski definition) is 7. The molecule has 1 aromatic carbocycles. The Hall–Kier alpha value is -3.82. The number of carboxylic acids is 1. The standard InChI is InChI=1S/C27H26N2O6S/c1-27(2,3)25(33)22-23(19-5-4-11-28-20(19)13-35-14-21(30)31)29(26(34)24(22)32)18-8-6-16(7-9-18)17-10-12-36-15-17/h4-12,15,23,32H,13-14H2,1-3H3,(H,30,31). The Kier molecular flexibility index (Phi) is 7.05. The minimum Gasteiger partial charge on any atom is -0.503 e. The van der Waals surface area contributed by atoms with E-state index < -0.39 is 35.7 Å². The summed E-state index contributed by atoms with van der Waals surface area (Å²) in [7, 11) is 0. The molecule has 3 heterocycles. The summed E-state index contributed by atoms with van der Waals surface area (Å²) < 4.78 is 5.27. The zero-order valence-electron chi connectivity index (χ0n) is 20.1. The van der Waals surface area contributed by atoms with E-state index in [1.54, 1.807) is 56.4 Å². The van der Waals surface area contributed by atoms with Crippen molar-refractivity contribution in [3.05, 3.63) is 82.0 Å². The van der Waals surface area contributed by atoms with Crippen molar-refractivity contribution in [3.8, 4) is 11.1 Å². The summed E-state index contributed by atoms with van der Waals surface area (Å²) >= 11 is 1.58. The molecule has 9 heteroatoms. The number of aliphatic hydroxyl groups is 1. The Morgan fingerprint density at radius 3 is 2.44 bits per heavy atom. The van der Waals surface area contributed by atoms with Crippen LogP contribution in [-0.2, 0) is 25.7 Å². The maximum Gasteiger partial charge on any atom is 0.329 e. The monoisotopic (exact) mass is 506 g/mol. The normalized spacial score (nSPS) is 16.0. The van der Waals surface area contributed by atoms with Crippen molar-refractivity contribution in [2.75, 3.05) is 11.5 Å². The molecule has 0 fully saturated rings. The molecular weight excluding hydrogens is 480 g/mol. The van der Waals surface area contributed by atoms with Crippen LogP contribution >= 0.6 is 11.3 Å². The van der Waals surface area contributed by atoms with E-state index in [-0.39, 0.29) is 18.0 Å². The lowest BCUT2D eigenvalue weighted by Crippen LogP contribution is -2.33. The van der Waals surface area contributed by atoms with Gasteiger partial charge in [0, 0.05) is 22.9 Å². The molecule has 36 heavy (non-hydrogen) atoms. The molecule has 0 spiro atoms. The molecule has 1 aliphatic rings. The predicted molar refractivity (Wildman–Crippen MR) is 136 cm³/mol. The van der Waals surface area contributed by atoms with Crippen molar-refractivity contribution >= 4 is 34.7 Å². The fraction of sp³-hybridized carbons (Fsp3) is 0.259.